The molecule has 6 heteroatoms. The first kappa shape index (κ1) is 20.8. The predicted octanol–water partition coefficient (Wildman–Crippen LogP) is 5.29. The molecule has 1 atom stereocenters. The van der Waals surface area contributed by atoms with E-state index in [1.165, 1.54) is 11.1 Å². The van der Waals surface area contributed by atoms with Crippen molar-refractivity contribution in [2.75, 3.05) is 19.4 Å². The van der Waals surface area contributed by atoms with Gasteiger partial charge in [-0.05, 0) is 72.9 Å². The van der Waals surface area contributed by atoms with Crippen molar-refractivity contribution in [2.45, 2.75) is 25.3 Å². The number of hydrogen-bond acceptors (Lipinski definition) is 4. The number of aromatic amines is 1. The van der Waals surface area contributed by atoms with Gasteiger partial charge in [0.25, 0.3) is 5.91 Å². The SMILES string of the molecule is CN(C)C(=O)c1cccc(-c2n[nH]c3ccc(NC4CCCc5cc(C#N)ccc54)cc23)c1. The fourth-order valence-electron chi connectivity index (χ4n) is 4.62. The zero-order valence-corrected chi connectivity index (χ0v) is 18.7. The minimum atomic E-state index is -0.0328. The van der Waals surface area contributed by atoms with Crippen molar-refractivity contribution in [3.63, 3.8) is 0 Å². The molecule has 0 spiro atoms. The monoisotopic (exact) mass is 435 g/mol. The first-order chi connectivity index (χ1) is 16.0. The topological polar surface area (TPSA) is 84.8 Å². The Labute approximate surface area is 192 Å². The number of carbonyl (C=O) groups excluding carboxylic acids is 1. The van der Waals surface area contributed by atoms with Crippen molar-refractivity contribution >= 4 is 22.5 Å². The van der Waals surface area contributed by atoms with Crippen molar-refractivity contribution < 1.29 is 4.79 Å². The number of H-pyrrole nitrogens is 1. The number of benzene rings is 3. The normalized spacial score (nSPS) is 15.0. The third-order valence-corrected chi connectivity index (χ3v) is 6.28. The van der Waals surface area contributed by atoms with Crippen molar-refractivity contribution in [3.8, 4) is 17.3 Å². The van der Waals surface area contributed by atoms with Crippen LogP contribution < -0.4 is 5.32 Å². The number of fused-ring (bicyclic) bond motifs is 2. The largest absolute Gasteiger partial charge is 0.378 e. The van der Waals surface area contributed by atoms with Crippen LogP contribution >= 0.6 is 0 Å². The highest BCUT2D eigenvalue weighted by atomic mass is 16.2. The molecule has 5 rings (SSSR count). The van der Waals surface area contributed by atoms with Crippen LogP contribution in [0.2, 0.25) is 0 Å². The lowest BCUT2D eigenvalue weighted by Crippen LogP contribution is -2.21. The van der Waals surface area contributed by atoms with Gasteiger partial charge in [0.05, 0.1) is 28.9 Å². The van der Waals surface area contributed by atoms with Crippen molar-refractivity contribution in [1.82, 2.24) is 15.1 Å². The summed E-state index contributed by atoms with van der Waals surface area (Å²) in [5.41, 5.74) is 7.57. The van der Waals surface area contributed by atoms with E-state index in [2.05, 4.69) is 39.8 Å². The van der Waals surface area contributed by atoms with Crippen LogP contribution in [0.4, 0.5) is 5.69 Å². The quantitative estimate of drug-likeness (QED) is 0.456. The molecule has 2 N–H and O–H groups in total. The molecule has 0 fully saturated rings. The lowest BCUT2D eigenvalue weighted by atomic mass is 9.86. The Morgan fingerprint density at radius 1 is 1.15 bits per heavy atom. The molecular formula is C27H25N5O. The molecule has 0 bridgehead atoms. The molecule has 1 aliphatic rings. The lowest BCUT2D eigenvalue weighted by molar-refractivity contribution is 0.0827. The van der Waals surface area contributed by atoms with E-state index >= 15 is 0 Å². The van der Waals surface area contributed by atoms with Crippen LogP contribution in [0.5, 0.6) is 0 Å². The summed E-state index contributed by atoms with van der Waals surface area (Å²) in [4.78, 5) is 14.0. The number of carbonyl (C=O) groups is 1. The van der Waals surface area contributed by atoms with E-state index in [1.54, 1.807) is 19.0 Å². The molecule has 4 aromatic rings. The second kappa shape index (κ2) is 8.44. The number of hydrogen-bond donors (Lipinski definition) is 2. The summed E-state index contributed by atoms with van der Waals surface area (Å²) in [6.07, 6.45) is 3.14. The van der Waals surface area contributed by atoms with E-state index in [9.17, 15) is 10.1 Å². The molecule has 3 aromatic carbocycles. The summed E-state index contributed by atoms with van der Waals surface area (Å²) in [6.45, 7) is 0. The maximum absolute atomic E-state index is 12.4. The first-order valence-electron chi connectivity index (χ1n) is 11.1. The molecular weight excluding hydrogens is 410 g/mol. The lowest BCUT2D eigenvalue weighted by Gasteiger charge is -2.27. The average Bonchev–Trinajstić information content (AvgIpc) is 3.26. The number of amides is 1. The fourth-order valence-corrected chi connectivity index (χ4v) is 4.62. The van der Waals surface area contributed by atoms with Gasteiger partial charge in [-0.15, -0.1) is 0 Å². The van der Waals surface area contributed by atoms with Crippen LogP contribution in [0.1, 0.15) is 45.9 Å². The van der Waals surface area contributed by atoms with Crippen LogP contribution in [-0.2, 0) is 6.42 Å². The first-order valence-corrected chi connectivity index (χ1v) is 11.1. The Morgan fingerprint density at radius 3 is 2.85 bits per heavy atom. The molecule has 1 aliphatic carbocycles. The zero-order chi connectivity index (χ0) is 22.9. The number of aromatic nitrogens is 2. The minimum absolute atomic E-state index is 0.0328. The highest BCUT2D eigenvalue weighted by Crippen LogP contribution is 2.35. The smallest absolute Gasteiger partial charge is 0.253 e. The van der Waals surface area contributed by atoms with Crippen molar-refractivity contribution in [3.05, 3.63) is 82.9 Å². The zero-order valence-electron chi connectivity index (χ0n) is 18.7. The Morgan fingerprint density at radius 2 is 2.03 bits per heavy atom. The highest BCUT2D eigenvalue weighted by molar-refractivity contribution is 5.98. The number of anilines is 1. The second-order valence-electron chi connectivity index (χ2n) is 8.73. The van der Waals surface area contributed by atoms with E-state index in [0.29, 0.717) is 11.1 Å². The molecule has 0 saturated heterocycles. The predicted molar refractivity (Wildman–Crippen MR) is 130 cm³/mol. The van der Waals surface area contributed by atoms with Gasteiger partial charge in [0.15, 0.2) is 0 Å². The van der Waals surface area contributed by atoms with E-state index in [0.717, 1.165) is 47.1 Å². The summed E-state index contributed by atoms with van der Waals surface area (Å²) in [5.74, 6) is -0.0328. The van der Waals surface area contributed by atoms with Gasteiger partial charge in [0, 0.05) is 36.3 Å². The molecule has 6 nitrogen and oxygen atoms in total. The molecule has 0 aliphatic heterocycles. The van der Waals surface area contributed by atoms with Crippen molar-refractivity contribution in [2.24, 2.45) is 0 Å². The van der Waals surface area contributed by atoms with E-state index in [-0.39, 0.29) is 11.9 Å². The summed E-state index contributed by atoms with van der Waals surface area (Å²) in [7, 11) is 3.50. The van der Waals surface area contributed by atoms with E-state index < -0.39 is 0 Å². The van der Waals surface area contributed by atoms with E-state index in [1.807, 2.05) is 42.5 Å². The number of rotatable bonds is 4. The van der Waals surface area contributed by atoms with Crippen molar-refractivity contribution in [1.29, 1.82) is 5.26 Å². The Balaban J connectivity index is 1.48. The third-order valence-electron chi connectivity index (χ3n) is 6.28. The summed E-state index contributed by atoms with van der Waals surface area (Å²) in [6, 6.07) is 22.2. The fraction of sp³-hybridized carbons (Fsp3) is 0.222. The molecule has 0 radical (unpaired) electrons. The third kappa shape index (κ3) is 3.94. The summed E-state index contributed by atoms with van der Waals surface area (Å²) < 4.78 is 0. The Bertz CT molecular complexity index is 1400. The van der Waals surface area contributed by atoms with Crippen LogP contribution in [0.25, 0.3) is 22.2 Å². The number of nitriles is 1. The van der Waals surface area contributed by atoms with Crippen LogP contribution in [-0.4, -0.2) is 35.1 Å². The van der Waals surface area contributed by atoms with E-state index in [4.69, 9.17) is 0 Å². The maximum atomic E-state index is 12.4. The van der Waals surface area contributed by atoms with Gasteiger partial charge in [-0.1, -0.05) is 18.2 Å². The molecule has 164 valence electrons. The number of nitrogens with one attached hydrogen (secondary N) is 2. The summed E-state index contributed by atoms with van der Waals surface area (Å²) in [5, 5.41) is 21.6. The van der Waals surface area contributed by atoms with Gasteiger partial charge < -0.3 is 10.2 Å². The second-order valence-corrected chi connectivity index (χ2v) is 8.73. The number of nitrogens with zero attached hydrogens (tertiary/aromatic N) is 3. The van der Waals surface area contributed by atoms with Crippen LogP contribution in [0.3, 0.4) is 0 Å². The van der Waals surface area contributed by atoms with Gasteiger partial charge >= 0.3 is 0 Å². The minimum Gasteiger partial charge on any atom is -0.378 e. The van der Waals surface area contributed by atoms with Gasteiger partial charge in [-0.3, -0.25) is 9.89 Å². The highest BCUT2D eigenvalue weighted by Gasteiger charge is 2.21. The standard InChI is InChI=1S/C27H25N5O/c1-32(2)27(33)20-7-3-6-19(14-20)26-23-15-21(10-12-25(23)30-31-26)29-24-8-4-5-18-13-17(16-28)9-11-22(18)24/h3,6-7,9-15,24,29H,4-5,8H2,1-2H3,(H,30,31). The van der Waals surface area contributed by atoms with Gasteiger partial charge in [0.1, 0.15) is 0 Å². The van der Waals surface area contributed by atoms with Gasteiger partial charge in [-0.2, -0.15) is 10.4 Å². The number of aryl methyl sites for hydroxylation is 1. The molecule has 1 heterocycles. The Kier molecular flexibility index (Phi) is 5.31. The summed E-state index contributed by atoms with van der Waals surface area (Å²) >= 11 is 0. The molecule has 1 aromatic heterocycles. The van der Waals surface area contributed by atoms with Gasteiger partial charge in [-0.25, -0.2) is 0 Å². The molecule has 1 amide bonds. The van der Waals surface area contributed by atoms with Gasteiger partial charge in [0.2, 0.25) is 0 Å². The average molecular weight is 436 g/mol. The molecule has 0 saturated carbocycles. The van der Waals surface area contributed by atoms with Crippen LogP contribution in [0.15, 0.2) is 60.7 Å². The van der Waals surface area contributed by atoms with Crippen LogP contribution in [0, 0.1) is 11.3 Å². The maximum Gasteiger partial charge on any atom is 0.253 e. The molecule has 33 heavy (non-hydrogen) atoms. The Hall–Kier alpha value is -4.11. The molecule has 1 unspecified atom stereocenters.